The molecule has 0 aromatic heterocycles. The van der Waals surface area contributed by atoms with E-state index in [1.54, 1.807) is 20.8 Å². The highest BCUT2D eigenvalue weighted by molar-refractivity contribution is 5.69. The molecule has 0 spiro atoms. The Morgan fingerprint density at radius 2 is 2.33 bits per heavy atom. The van der Waals surface area contributed by atoms with Gasteiger partial charge in [-0.2, -0.15) is 0 Å². The van der Waals surface area contributed by atoms with Crippen molar-refractivity contribution in [1.29, 1.82) is 0 Å². The molecule has 1 saturated heterocycles. The molecule has 0 aromatic rings. The fraction of sp³-hybridized carbons (Fsp3) is 0.900. The molecule has 0 aromatic carbocycles. The normalized spacial score (nSPS) is 26.3. The fourth-order valence-electron chi connectivity index (χ4n) is 1.43. The van der Waals surface area contributed by atoms with E-state index in [0.29, 0.717) is 13.2 Å². The minimum Gasteiger partial charge on any atom is -0.466 e. The van der Waals surface area contributed by atoms with Gasteiger partial charge in [-0.15, -0.1) is 0 Å². The van der Waals surface area contributed by atoms with Crippen molar-refractivity contribution in [1.82, 2.24) is 0 Å². The molecule has 88 valence electrons. The van der Waals surface area contributed by atoms with E-state index >= 15 is 0 Å². The summed E-state index contributed by atoms with van der Waals surface area (Å²) in [6.45, 7) is 5.88. The molecule has 0 bridgehead atoms. The quantitative estimate of drug-likeness (QED) is 0.694. The van der Waals surface area contributed by atoms with E-state index in [0.717, 1.165) is 0 Å². The summed E-state index contributed by atoms with van der Waals surface area (Å²) in [5.74, 6) is -1.10. The number of aliphatic hydroxyl groups is 1. The van der Waals surface area contributed by atoms with Gasteiger partial charge in [-0.25, -0.2) is 0 Å². The molecule has 5 heteroatoms. The topological polar surface area (TPSA) is 65.0 Å². The van der Waals surface area contributed by atoms with Gasteiger partial charge >= 0.3 is 5.97 Å². The number of hydrogen-bond donors (Lipinski definition) is 1. The van der Waals surface area contributed by atoms with Crippen molar-refractivity contribution in [2.24, 2.45) is 0 Å². The Hall–Kier alpha value is -0.650. The molecular weight excluding hydrogens is 200 g/mol. The first-order chi connectivity index (χ1) is 6.94. The number of ether oxygens (including phenoxy) is 3. The molecule has 1 fully saturated rings. The van der Waals surface area contributed by atoms with Crippen LogP contribution in [0.25, 0.3) is 0 Å². The summed E-state index contributed by atoms with van der Waals surface area (Å²) in [7, 11) is 0. The number of esters is 1. The van der Waals surface area contributed by atoms with Crippen LogP contribution in [0.5, 0.6) is 0 Å². The van der Waals surface area contributed by atoms with Crippen LogP contribution in [-0.2, 0) is 19.0 Å². The zero-order valence-electron chi connectivity index (χ0n) is 9.36. The first-order valence-corrected chi connectivity index (χ1v) is 5.10. The Bertz CT molecular complexity index is 226. The zero-order valence-corrected chi connectivity index (χ0v) is 9.36. The Kier molecular flexibility index (Phi) is 4.07. The average Bonchev–Trinajstić information content (AvgIpc) is 2.46. The van der Waals surface area contributed by atoms with E-state index in [4.69, 9.17) is 14.2 Å². The van der Waals surface area contributed by atoms with Crippen molar-refractivity contribution in [3.8, 4) is 0 Å². The third kappa shape index (κ3) is 3.77. The van der Waals surface area contributed by atoms with Crippen LogP contribution >= 0.6 is 0 Å². The van der Waals surface area contributed by atoms with E-state index in [1.165, 1.54) is 0 Å². The molecule has 5 nitrogen and oxygen atoms in total. The Balaban J connectivity index is 2.35. The van der Waals surface area contributed by atoms with Crippen molar-refractivity contribution >= 4 is 5.97 Å². The number of aliphatic hydroxyl groups excluding tert-OH is 1. The van der Waals surface area contributed by atoms with Crippen molar-refractivity contribution in [3.05, 3.63) is 0 Å². The highest BCUT2D eigenvalue weighted by atomic mass is 16.7. The van der Waals surface area contributed by atoms with Gasteiger partial charge in [0.2, 0.25) is 0 Å². The molecule has 1 aliphatic rings. The number of hydrogen-bond acceptors (Lipinski definition) is 5. The molecule has 1 N–H and O–H groups in total. The van der Waals surface area contributed by atoms with E-state index < -0.39 is 24.0 Å². The van der Waals surface area contributed by atoms with Crippen LogP contribution in [0.3, 0.4) is 0 Å². The Labute approximate surface area is 89.3 Å². The minimum atomic E-state index is -0.870. The number of carbonyl (C=O) groups is 1. The van der Waals surface area contributed by atoms with E-state index in [-0.39, 0.29) is 6.42 Å². The van der Waals surface area contributed by atoms with Gasteiger partial charge < -0.3 is 19.3 Å². The predicted molar refractivity (Wildman–Crippen MR) is 52.2 cm³/mol. The maximum atomic E-state index is 11.1. The van der Waals surface area contributed by atoms with Crippen LogP contribution in [-0.4, -0.2) is 42.3 Å². The lowest BCUT2D eigenvalue weighted by molar-refractivity contribution is -0.159. The van der Waals surface area contributed by atoms with Crippen LogP contribution in [0.2, 0.25) is 0 Å². The third-order valence-corrected chi connectivity index (χ3v) is 2.14. The lowest BCUT2D eigenvalue weighted by atomic mass is 10.1. The number of rotatable bonds is 4. The second-order valence-electron chi connectivity index (χ2n) is 3.94. The SMILES string of the molecule is CCOC(=O)CC(O)[C@H]1COC(C)(C)O1. The second-order valence-corrected chi connectivity index (χ2v) is 3.94. The first-order valence-electron chi connectivity index (χ1n) is 5.10. The van der Waals surface area contributed by atoms with E-state index in [2.05, 4.69) is 0 Å². The van der Waals surface area contributed by atoms with Crippen LogP contribution in [0.1, 0.15) is 27.2 Å². The minimum absolute atomic E-state index is 0.0576. The van der Waals surface area contributed by atoms with Gasteiger partial charge in [0.15, 0.2) is 5.79 Å². The summed E-state index contributed by atoms with van der Waals surface area (Å²) in [5.41, 5.74) is 0. The van der Waals surface area contributed by atoms with Gasteiger partial charge in [0, 0.05) is 0 Å². The molecule has 0 radical (unpaired) electrons. The Morgan fingerprint density at radius 3 is 2.80 bits per heavy atom. The maximum Gasteiger partial charge on any atom is 0.308 e. The van der Waals surface area contributed by atoms with Crippen molar-refractivity contribution in [3.63, 3.8) is 0 Å². The van der Waals surface area contributed by atoms with Crippen molar-refractivity contribution in [2.75, 3.05) is 13.2 Å². The standard InChI is InChI=1S/C10H18O5/c1-4-13-9(12)5-7(11)8-6-14-10(2,3)15-8/h7-8,11H,4-6H2,1-3H3/t7?,8-/m1/s1. The average molecular weight is 218 g/mol. The molecule has 1 aliphatic heterocycles. The van der Waals surface area contributed by atoms with Gasteiger partial charge in [0.05, 0.1) is 25.7 Å². The monoisotopic (exact) mass is 218 g/mol. The molecule has 15 heavy (non-hydrogen) atoms. The van der Waals surface area contributed by atoms with Crippen LogP contribution < -0.4 is 0 Å². The summed E-state index contributed by atoms with van der Waals surface area (Å²) in [5, 5.41) is 9.67. The van der Waals surface area contributed by atoms with Crippen molar-refractivity contribution in [2.45, 2.75) is 45.2 Å². The Morgan fingerprint density at radius 1 is 1.67 bits per heavy atom. The largest absolute Gasteiger partial charge is 0.466 e. The summed E-state index contributed by atoms with van der Waals surface area (Å²) < 4.78 is 15.4. The maximum absolute atomic E-state index is 11.1. The van der Waals surface area contributed by atoms with Gasteiger partial charge in [-0.05, 0) is 20.8 Å². The molecular formula is C10H18O5. The molecule has 0 aliphatic carbocycles. The van der Waals surface area contributed by atoms with Gasteiger partial charge in [-0.3, -0.25) is 4.79 Å². The van der Waals surface area contributed by atoms with Gasteiger partial charge in [-0.1, -0.05) is 0 Å². The summed E-state index contributed by atoms with van der Waals surface area (Å²) in [4.78, 5) is 11.1. The molecule has 2 atom stereocenters. The van der Waals surface area contributed by atoms with E-state index in [1.807, 2.05) is 0 Å². The zero-order chi connectivity index (χ0) is 11.5. The van der Waals surface area contributed by atoms with E-state index in [9.17, 15) is 9.90 Å². The second kappa shape index (κ2) is 4.92. The smallest absolute Gasteiger partial charge is 0.308 e. The van der Waals surface area contributed by atoms with Gasteiger partial charge in [0.25, 0.3) is 0 Å². The number of carbonyl (C=O) groups excluding carboxylic acids is 1. The lowest BCUT2D eigenvalue weighted by Gasteiger charge is -2.19. The molecule has 0 amide bonds. The fourth-order valence-corrected chi connectivity index (χ4v) is 1.43. The van der Waals surface area contributed by atoms with Crippen LogP contribution in [0.4, 0.5) is 0 Å². The molecule has 1 rings (SSSR count). The lowest BCUT2D eigenvalue weighted by Crippen LogP contribution is -2.32. The predicted octanol–water partition coefficient (Wildman–Crippen LogP) is 0.452. The van der Waals surface area contributed by atoms with Gasteiger partial charge in [0.1, 0.15) is 6.10 Å². The molecule has 0 saturated carbocycles. The van der Waals surface area contributed by atoms with Crippen LogP contribution in [0.15, 0.2) is 0 Å². The first kappa shape index (κ1) is 12.4. The summed E-state index contributed by atoms with van der Waals surface area (Å²) in [6, 6.07) is 0. The molecule has 1 heterocycles. The third-order valence-electron chi connectivity index (χ3n) is 2.14. The summed E-state index contributed by atoms with van der Waals surface area (Å²) in [6.07, 6.45) is -1.38. The van der Waals surface area contributed by atoms with Crippen molar-refractivity contribution < 1.29 is 24.1 Å². The molecule has 1 unspecified atom stereocenters. The highest BCUT2D eigenvalue weighted by Gasteiger charge is 2.37. The highest BCUT2D eigenvalue weighted by Crippen LogP contribution is 2.25. The van der Waals surface area contributed by atoms with Crippen LogP contribution in [0, 0.1) is 0 Å². The summed E-state index contributed by atoms with van der Waals surface area (Å²) >= 11 is 0.